The maximum atomic E-state index is 13.8. The topological polar surface area (TPSA) is 108 Å². The van der Waals surface area contributed by atoms with Crippen LogP contribution >= 0.6 is 34.8 Å². The van der Waals surface area contributed by atoms with E-state index in [2.05, 4.69) is 5.32 Å². The summed E-state index contributed by atoms with van der Waals surface area (Å²) in [5, 5.41) is 28.7. The van der Waals surface area contributed by atoms with Crippen molar-refractivity contribution >= 4 is 58.3 Å². The third-order valence-corrected chi connectivity index (χ3v) is 7.77. The highest BCUT2D eigenvalue weighted by atomic mass is 35.5. The molecule has 1 aromatic heterocycles. The Morgan fingerprint density at radius 2 is 1.69 bits per heavy atom. The van der Waals surface area contributed by atoms with E-state index in [0.29, 0.717) is 37.6 Å². The van der Waals surface area contributed by atoms with Gasteiger partial charge in [-0.15, -0.1) is 0 Å². The second kappa shape index (κ2) is 12.7. The molecule has 216 valence electrons. The van der Waals surface area contributed by atoms with E-state index < -0.39 is 24.5 Å². The number of hydrogen-bond acceptors (Lipinski definition) is 5. The Morgan fingerprint density at radius 3 is 2.36 bits per heavy atom. The lowest BCUT2D eigenvalue weighted by molar-refractivity contribution is -0.142. The molecule has 0 aliphatic carbocycles. The molecule has 11 heteroatoms. The molecule has 2 amide bonds. The summed E-state index contributed by atoms with van der Waals surface area (Å²) < 4.78 is 1.59. The van der Waals surface area contributed by atoms with E-state index in [1.165, 1.54) is 4.90 Å². The van der Waals surface area contributed by atoms with Crippen LogP contribution in [0.3, 0.4) is 0 Å². The highest BCUT2D eigenvalue weighted by Gasteiger charge is 2.35. The molecule has 2 heterocycles. The maximum absolute atomic E-state index is 13.8. The van der Waals surface area contributed by atoms with Crippen LogP contribution in [-0.2, 0) is 11.3 Å². The number of nitrogens with zero attached hydrogens (tertiary/aromatic N) is 3. The average molecular weight is 626 g/mol. The van der Waals surface area contributed by atoms with Crippen molar-refractivity contribution in [1.82, 2.24) is 20.0 Å². The molecule has 2 atom stereocenters. The molecule has 0 saturated heterocycles. The standard InChI is InChI=1S/C31H27Cl3N4O4/c1-18(20-5-3-2-4-6-20)35-30(41)28-24-16-37(31(42)27(40)17-39)15-21(13-19-7-9-22(32)10-8-19)29(24)38(36-28)26-12-11-23(33)14-25(26)34/h2-14,18,27,39-40H,15-17H2,1H3,(H,35,41)/b21-13+/t18-,27+/m1/s1. The van der Waals surface area contributed by atoms with E-state index in [1.807, 2.05) is 55.5 Å². The zero-order chi connectivity index (χ0) is 30.0. The van der Waals surface area contributed by atoms with Gasteiger partial charge in [0, 0.05) is 22.2 Å². The quantitative estimate of drug-likeness (QED) is 0.249. The van der Waals surface area contributed by atoms with Crippen LogP contribution in [0.1, 0.15) is 45.8 Å². The number of aliphatic hydroxyl groups excluding tert-OH is 2. The number of amides is 2. The number of rotatable bonds is 7. The Bertz CT molecular complexity index is 1650. The van der Waals surface area contributed by atoms with Gasteiger partial charge in [0.05, 0.1) is 35.6 Å². The van der Waals surface area contributed by atoms with Gasteiger partial charge in [0.1, 0.15) is 0 Å². The van der Waals surface area contributed by atoms with Crippen molar-refractivity contribution < 1.29 is 19.8 Å². The lowest BCUT2D eigenvalue weighted by atomic mass is 9.96. The van der Waals surface area contributed by atoms with Gasteiger partial charge in [-0.1, -0.05) is 77.3 Å². The van der Waals surface area contributed by atoms with Gasteiger partial charge < -0.3 is 20.4 Å². The Morgan fingerprint density at radius 1 is 1.00 bits per heavy atom. The Kier molecular flexibility index (Phi) is 9.01. The zero-order valence-corrected chi connectivity index (χ0v) is 24.7. The smallest absolute Gasteiger partial charge is 0.272 e. The average Bonchev–Trinajstić information content (AvgIpc) is 3.37. The number of fused-ring (bicyclic) bond motifs is 1. The molecule has 0 bridgehead atoms. The number of nitrogens with one attached hydrogen (secondary N) is 1. The molecule has 4 aromatic rings. The van der Waals surface area contributed by atoms with Crippen LogP contribution in [0.4, 0.5) is 0 Å². The summed E-state index contributed by atoms with van der Waals surface area (Å²) in [4.78, 5) is 28.3. The third kappa shape index (κ3) is 6.23. The minimum absolute atomic E-state index is 0.0309. The van der Waals surface area contributed by atoms with Crippen molar-refractivity contribution in [1.29, 1.82) is 0 Å². The molecule has 1 aliphatic heterocycles. The molecule has 1 aliphatic rings. The lowest BCUT2D eigenvalue weighted by Gasteiger charge is -2.31. The number of aliphatic hydroxyl groups is 2. The van der Waals surface area contributed by atoms with Crippen LogP contribution < -0.4 is 5.32 Å². The summed E-state index contributed by atoms with van der Waals surface area (Å²) in [6.45, 7) is 1.17. The number of carbonyl (C=O) groups is 2. The van der Waals surface area contributed by atoms with Gasteiger partial charge in [-0.25, -0.2) is 4.68 Å². The first-order valence-electron chi connectivity index (χ1n) is 13.1. The fourth-order valence-corrected chi connectivity index (χ4v) is 5.49. The lowest BCUT2D eigenvalue weighted by Crippen LogP contribution is -2.43. The van der Waals surface area contributed by atoms with Crippen molar-refractivity contribution in [3.63, 3.8) is 0 Å². The van der Waals surface area contributed by atoms with Crippen LogP contribution in [0.15, 0.2) is 72.8 Å². The first kappa shape index (κ1) is 29.8. The van der Waals surface area contributed by atoms with Crippen LogP contribution in [0, 0.1) is 0 Å². The minimum atomic E-state index is -1.61. The number of benzene rings is 3. The molecule has 0 unspecified atom stereocenters. The maximum Gasteiger partial charge on any atom is 0.272 e. The highest BCUT2D eigenvalue weighted by molar-refractivity contribution is 6.35. The number of aromatic nitrogens is 2. The molecular formula is C31H27Cl3N4O4. The van der Waals surface area contributed by atoms with E-state index >= 15 is 0 Å². The summed E-state index contributed by atoms with van der Waals surface area (Å²) in [5.74, 6) is -1.12. The number of halogens is 3. The molecular weight excluding hydrogens is 599 g/mol. The monoisotopic (exact) mass is 624 g/mol. The summed E-state index contributed by atoms with van der Waals surface area (Å²) in [5.41, 5.74) is 3.95. The molecule has 0 radical (unpaired) electrons. The second-order valence-electron chi connectivity index (χ2n) is 9.90. The molecule has 3 aromatic carbocycles. The molecule has 3 N–H and O–H groups in total. The van der Waals surface area contributed by atoms with Crippen LogP contribution in [0.5, 0.6) is 0 Å². The Labute approximate surface area is 257 Å². The first-order chi connectivity index (χ1) is 20.2. The molecule has 0 spiro atoms. The van der Waals surface area contributed by atoms with E-state index in [0.717, 1.165) is 11.1 Å². The predicted octanol–water partition coefficient (Wildman–Crippen LogP) is 5.56. The van der Waals surface area contributed by atoms with Gasteiger partial charge in [0.2, 0.25) is 0 Å². The first-order valence-corrected chi connectivity index (χ1v) is 14.3. The molecule has 5 rings (SSSR count). The molecule has 0 fully saturated rings. The van der Waals surface area contributed by atoms with Crippen molar-refractivity contribution in [2.24, 2.45) is 0 Å². The molecule has 42 heavy (non-hydrogen) atoms. The number of hydrogen-bond donors (Lipinski definition) is 3. The van der Waals surface area contributed by atoms with Crippen molar-refractivity contribution in [3.8, 4) is 5.69 Å². The Balaban J connectivity index is 1.69. The van der Waals surface area contributed by atoms with Crippen molar-refractivity contribution in [2.45, 2.75) is 25.6 Å². The predicted molar refractivity (Wildman–Crippen MR) is 164 cm³/mol. The SMILES string of the molecule is C[C@@H](NC(=O)c1nn(-c2ccc(Cl)cc2Cl)c2c1CN(C(=O)[C@@H](O)CO)C/C2=C\c1ccc(Cl)cc1)c1ccccc1. The summed E-state index contributed by atoms with van der Waals surface area (Å²) in [7, 11) is 0. The van der Waals surface area contributed by atoms with Crippen LogP contribution in [0.2, 0.25) is 15.1 Å². The fourth-order valence-electron chi connectivity index (χ4n) is 4.88. The van der Waals surface area contributed by atoms with Gasteiger partial charge in [0.25, 0.3) is 11.8 Å². The third-order valence-electron chi connectivity index (χ3n) is 6.98. The largest absolute Gasteiger partial charge is 0.393 e. The minimum Gasteiger partial charge on any atom is -0.393 e. The Hall–Kier alpha value is -3.66. The highest BCUT2D eigenvalue weighted by Crippen LogP contribution is 2.36. The summed E-state index contributed by atoms with van der Waals surface area (Å²) in [6, 6.07) is 21.3. The van der Waals surface area contributed by atoms with E-state index in [-0.39, 0.29) is 24.8 Å². The summed E-state index contributed by atoms with van der Waals surface area (Å²) >= 11 is 18.9. The summed E-state index contributed by atoms with van der Waals surface area (Å²) in [6.07, 6.45) is 0.246. The van der Waals surface area contributed by atoms with E-state index in [1.54, 1.807) is 35.0 Å². The molecule has 0 saturated carbocycles. The van der Waals surface area contributed by atoms with Gasteiger partial charge >= 0.3 is 0 Å². The van der Waals surface area contributed by atoms with Crippen molar-refractivity contribution in [3.05, 3.63) is 116 Å². The van der Waals surface area contributed by atoms with E-state index in [4.69, 9.17) is 39.9 Å². The van der Waals surface area contributed by atoms with Crippen LogP contribution in [0.25, 0.3) is 17.3 Å². The van der Waals surface area contributed by atoms with Crippen molar-refractivity contribution in [2.75, 3.05) is 13.2 Å². The fraction of sp³-hybridized carbons (Fsp3) is 0.194. The van der Waals surface area contributed by atoms with Gasteiger partial charge in [-0.3, -0.25) is 9.59 Å². The second-order valence-corrected chi connectivity index (χ2v) is 11.2. The van der Waals surface area contributed by atoms with Gasteiger partial charge in [-0.2, -0.15) is 5.10 Å². The van der Waals surface area contributed by atoms with E-state index in [9.17, 15) is 19.8 Å². The van der Waals surface area contributed by atoms with Gasteiger partial charge in [0.15, 0.2) is 11.8 Å². The molecule has 8 nitrogen and oxygen atoms in total. The van der Waals surface area contributed by atoms with Gasteiger partial charge in [-0.05, 0) is 60.0 Å². The number of carbonyl (C=O) groups excluding carboxylic acids is 2. The van der Waals surface area contributed by atoms with Crippen LogP contribution in [-0.4, -0.2) is 56.0 Å². The normalized spacial score (nSPS) is 15.3. The zero-order valence-electron chi connectivity index (χ0n) is 22.5.